The van der Waals surface area contributed by atoms with Crippen molar-refractivity contribution < 1.29 is 14.7 Å². The minimum Gasteiger partial charge on any atom is -0.480 e. The van der Waals surface area contributed by atoms with Crippen molar-refractivity contribution in [3.63, 3.8) is 0 Å². The van der Waals surface area contributed by atoms with Gasteiger partial charge in [0.05, 0.1) is 6.04 Å². The van der Waals surface area contributed by atoms with Crippen molar-refractivity contribution >= 4 is 18.1 Å². The Labute approximate surface area is 150 Å². The molecule has 5 heteroatoms. The van der Waals surface area contributed by atoms with Crippen LogP contribution in [0.3, 0.4) is 0 Å². The van der Waals surface area contributed by atoms with Gasteiger partial charge in [-0.2, -0.15) is 0 Å². The maximum Gasteiger partial charge on any atom is 0.318 e. The predicted octanol–water partition coefficient (Wildman–Crippen LogP) is 3.57. The van der Waals surface area contributed by atoms with Crippen molar-refractivity contribution in [1.82, 2.24) is 5.32 Å². The van der Waals surface area contributed by atoms with Gasteiger partial charge in [-0.3, -0.25) is 9.79 Å². The molecule has 3 saturated carbocycles. The van der Waals surface area contributed by atoms with Crippen LogP contribution in [0.5, 0.6) is 0 Å². The fourth-order valence-electron chi connectivity index (χ4n) is 5.12. The van der Waals surface area contributed by atoms with E-state index < -0.39 is 22.7 Å². The van der Waals surface area contributed by atoms with Gasteiger partial charge in [0.25, 0.3) is 0 Å². The normalized spacial score (nSPS) is 33.7. The summed E-state index contributed by atoms with van der Waals surface area (Å²) in [4.78, 5) is 28.9. The maximum absolute atomic E-state index is 12.3. The highest BCUT2D eigenvalue weighted by molar-refractivity contribution is 6.13. The molecule has 0 heterocycles. The maximum atomic E-state index is 12.3. The first kappa shape index (κ1) is 18.4. The van der Waals surface area contributed by atoms with Crippen molar-refractivity contribution in [2.75, 3.05) is 0 Å². The number of aliphatic carboxylic acids is 1. The average Bonchev–Trinajstić information content (AvgIpc) is 3.12. The molecular weight excluding hydrogens is 316 g/mol. The summed E-state index contributed by atoms with van der Waals surface area (Å²) in [5.41, 5.74) is -1.76. The third-order valence-electron chi connectivity index (χ3n) is 6.86. The number of rotatable bonds is 5. The summed E-state index contributed by atoms with van der Waals surface area (Å²) in [6.45, 7) is 3.78. The second kappa shape index (κ2) is 7.08. The number of aliphatic imine (C=N–C) groups is 1. The lowest BCUT2D eigenvalue weighted by Gasteiger charge is -2.30. The number of nitrogens with zero attached hydrogens (tertiary/aromatic N) is 1. The predicted molar refractivity (Wildman–Crippen MR) is 97.7 cm³/mol. The third kappa shape index (κ3) is 3.11. The Morgan fingerprint density at radius 3 is 2.08 bits per heavy atom. The van der Waals surface area contributed by atoms with Gasteiger partial charge in [-0.1, -0.05) is 52.4 Å². The van der Waals surface area contributed by atoms with Gasteiger partial charge in [0.2, 0.25) is 0 Å². The zero-order valence-electron chi connectivity index (χ0n) is 15.6. The third-order valence-corrected chi connectivity index (χ3v) is 6.86. The van der Waals surface area contributed by atoms with E-state index in [4.69, 9.17) is 4.99 Å². The molecule has 2 N–H and O–H groups in total. The van der Waals surface area contributed by atoms with Crippen LogP contribution >= 0.6 is 0 Å². The van der Waals surface area contributed by atoms with Crippen LogP contribution < -0.4 is 5.32 Å². The molecule has 0 spiro atoms. The van der Waals surface area contributed by atoms with Crippen LogP contribution in [0.4, 0.5) is 0 Å². The van der Waals surface area contributed by atoms with Gasteiger partial charge < -0.3 is 15.2 Å². The molecule has 0 radical (unpaired) electrons. The van der Waals surface area contributed by atoms with Crippen molar-refractivity contribution in [1.29, 1.82) is 0 Å². The van der Waals surface area contributed by atoms with Crippen LogP contribution in [0.1, 0.15) is 78.1 Å². The standard InChI is InChI=1S/C20H32N2O3/c1-19(2)16(13-23)20(19,18(24)25)17(21-14-9-5-3-6-10-14)22-15-11-7-4-8-12-15/h13-16H,3-12H2,1-2H3,(H,21,22)(H,24,25). The molecule has 25 heavy (non-hydrogen) atoms. The number of carboxylic acids is 1. The van der Waals surface area contributed by atoms with E-state index in [9.17, 15) is 14.7 Å². The molecule has 0 saturated heterocycles. The summed E-state index contributed by atoms with van der Waals surface area (Å²) in [6, 6.07) is 0.482. The van der Waals surface area contributed by atoms with E-state index in [1.807, 2.05) is 13.8 Å². The largest absolute Gasteiger partial charge is 0.480 e. The lowest BCUT2D eigenvalue weighted by atomic mass is 9.90. The molecule has 0 aromatic carbocycles. The van der Waals surface area contributed by atoms with E-state index in [0.717, 1.165) is 44.8 Å². The highest BCUT2D eigenvalue weighted by atomic mass is 16.4. The van der Waals surface area contributed by atoms with Crippen LogP contribution in [-0.4, -0.2) is 35.3 Å². The molecular formula is C20H32N2O3. The first-order valence-corrected chi connectivity index (χ1v) is 9.98. The van der Waals surface area contributed by atoms with Gasteiger partial charge in [-0.05, 0) is 31.1 Å². The fourth-order valence-corrected chi connectivity index (χ4v) is 5.12. The highest BCUT2D eigenvalue weighted by Crippen LogP contribution is 2.68. The Hall–Kier alpha value is -1.39. The van der Waals surface area contributed by atoms with Crippen molar-refractivity contribution in [2.24, 2.45) is 21.7 Å². The number of aldehydes is 1. The smallest absolute Gasteiger partial charge is 0.318 e. The molecule has 2 unspecified atom stereocenters. The minimum absolute atomic E-state index is 0.194. The molecule has 5 nitrogen and oxygen atoms in total. The quantitative estimate of drug-likeness (QED) is 0.452. The number of hydrogen-bond donors (Lipinski definition) is 2. The zero-order chi connectivity index (χ0) is 18.1. The molecule has 2 atom stereocenters. The van der Waals surface area contributed by atoms with Crippen LogP contribution in [0.15, 0.2) is 4.99 Å². The summed E-state index contributed by atoms with van der Waals surface area (Å²) in [5, 5.41) is 13.6. The molecule has 3 aliphatic carbocycles. The first-order valence-electron chi connectivity index (χ1n) is 9.98. The molecule has 3 rings (SSSR count). The number of carboxylic acid groups (broad SMARTS) is 1. The van der Waals surface area contributed by atoms with Gasteiger partial charge in [0, 0.05) is 12.0 Å². The Balaban J connectivity index is 1.92. The SMILES string of the molecule is CC1(C)C(C=O)C1(C(=O)O)C(=NC1CCCCC1)NC1CCCCC1. The van der Waals surface area contributed by atoms with Crippen molar-refractivity contribution in [3.8, 4) is 0 Å². The molecule has 0 aliphatic heterocycles. The topological polar surface area (TPSA) is 78.8 Å². The Morgan fingerprint density at radius 1 is 1.04 bits per heavy atom. The Bertz CT molecular complexity index is 545. The second-order valence-corrected chi connectivity index (χ2v) is 8.70. The van der Waals surface area contributed by atoms with Crippen LogP contribution in [0.2, 0.25) is 0 Å². The van der Waals surface area contributed by atoms with Crippen LogP contribution in [0, 0.1) is 16.7 Å². The van der Waals surface area contributed by atoms with E-state index >= 15 is 0 Å². The van der Waals surface area contributed by atoms with E-state index in [2.05, 4.69) is 5.32 Å². The molecule has 140 valence electrons. The zero-order valence-corrected chi connectivity index (χ0v) is 15.6. The number of amidine groups is 1. The van der Waals surface area contributed by atoms with Crippen LogP contribution in [-0.2, 0) is 9.59 Å². The summed E-state index contributed by atoms with van der Waals surface area (Å²) in [7, 11) is 0. The Morgan fingerprint density at radius 2 is 1.60 bits per heavy atom. The Kier molecular flexibility index (Phi) is 5.21. The molecule has 0 aromatic heterocycles. The summed E-state index contributed by atoms with van der Waals surface area (Å²) >= 11 is 0. The van der Waals surface area contributed by atoms with Gasteiger partial charge in [-0.25, -0.2) is 0 Å². The second-order valence-electron chi connectivity index (χ2n) is 8.70. The molecule has 0 amide bonds. The lowest BCUT2D eigenvalue weighted by Crippen LogP contribution is -2.47. The van der Waals surface area contributed by atoms with E-state index in [1.165, 1.54) is 25.7 Å². The van der Waals surface area contributed by atoms with E-state index in [0.29, 0.717) is 5.84 Å². The number of hydrogen-bond acceptors (Lipinski definition) is 3. The van der Waals surface area contributed by atoms with Crippen molar-refractivity contribution in [2.45, 2.75) is 90.1 Å². The summed E-state index contributed by atoms with van der Waals surface area (Å²) in [5.74, 6) is -0.829. The molecule has 0 aromatic rings. The monoisotopic (exact) mass is 348 g/mol. The van der Waals surface area contributed by atoms with Crippen LogP contribution in [0.25, 0.3) is 0 Å². The van der Waals surface area contributed by atoms with Crippen molar-refractivity contribution in [3.05, 3.63) is 0 Å². The minimum atomic E-state index is -1.18. The number of nitrogens with one attached hydrogen (secondary N) is 1. The van der Waals surface area contributed by atoms with E-state index in [1.54, 1.807) is 0 Å². The van der Waals surface area contributed by atoms with E-state index in [-0.39, 0.29) is 12.1 Å². The van der Waals surface area contributed by atoms with Gasteiger partial charge in [0.15, 0.2) is 0 Å². The summed E-state index contributed by atoms with van der Waals surface area (Å²) in [6.07, 6.45) is 12.2. The van der Waals surface area contributed by atoms with Gasteiger partial charge >= 0.3 is 5.97 Å². The fraction of sp³-hybridized carbons (Fsp3) is 0.850. The van der Waals surface area contributed by atoms with Gasteiger partial charge in [0.1, 0.15) is 17.5 Å². The number of carbonyl (C=O) groups is 2. The molecule has 0 bridgehead atoms. The summed E-state index contributed by atoms with van der Waals surface area (Å²) < 4.78 is 0. The molecule has 3 aliphatic rings. The lowest BCUT2D eigenvalue weighted by molar-refractivity contribution is -0.142. The number of carbonyl (C=O) groups excluding carboxylic acids is 1. The average molecular weight is 348 g/mol. The highest BCUT2D eigenvalue weighted by Gasteiger charge is 2.79. The molecule has 3 fully saturated rings. The van der Waals surface area contributed by atoms with Gasteiger partial charge in [-0.15, -0.1) is 0 Å². The first-order chi connectivity index (χ1) is 11.9.